The van der Waals surface area contributed by atoms with Crippen LogP contribution in [-0.4, -0.2) is 31.1 Å². The van der Waals surface area contributed by atoms with E-state index in [0.717, 1.165) is 0 Å². The van der Waals surface area contributed by atoms with Crippen LogP contribution in [0.3, 0.4) is 0 Å². The number of hydrogen-bond acceptors (Lipinski definition) is 5. The van der Waals surface area contributed by atoms with E-state index in [9.17, 15) is 13.2 Å². The molecular formula is C11H13F3N6. The number of aromatic nitrogens is 5. The lowest BCUT2D eigenvalue weighted by Gasteiger charge is -2.29. The fraction of sp³-hybridized carbons (Fsp3) is 0.636. The lowest BCUT2D eigenvalue weighted by atomic mass is 9.85. The molecule has 2 heterocycles. The van der Waals surface area contributed by atoms with Crippen molar-refractivity contribution in [1.29, 1.82) is 0 Å². The second-order valence-corrected chi connectivity index (χ2v) is 5.01. The van der Waals surface area contributed by atoms with Gasteiger partial charge in [0, 0.05) is 0 Å². The molecule has 1 aliphatic rings. The maximum absolute atomic E-state index is 12.6. The number of nitrogen functional groups attached to an aromatic ring is 1. The molecule has 20 heavy (non-hydrogen) atoms. The van der Waals surface area contributed by atoms with Crippen LogP contribution in [0.2, 0.25) is 0 Å². The number of halogens is 3. The van der Waals surface area contributed by atoms with E-state index in [4.69, 9.17) is 5.73 Å². The molecule has 0 aromatic carbocycles. The first-order chi connectivity index (χ1) is 9.47. The van der Waals surface area contributed by atoms with Crippen molar-refractivity contribution in [1.82, 2.24) is 25.0 Å². The van der Waals surface area contributed by atoms with Crippen molar-refractivity contribution >= 4 is 17.0 Å². The maximum atomic E-state index is 12.6. The Morgan fingerprint density at radius 2 is 1.85 bits per heavy atom. The topological polar surface area (TPSA) is 82.5 Å². The highest BCUT2D eigenvalue weighted by molar-refractivity contribution is 5.80. The fourth-order valence-corrected chi connectivity index (χ4v) is 2.68. The summed E-state index contributed by atoms with van der Waals surface area (Å²) in [7, 11) is 0. The van der Waals surface area contributed by atoms with E-state index >= 15 is 0 Å². The highest BCUT2D eigenvalue weighted by Gasteiger charge is 2.42. The summed E-state index contributed by atoms with van der Waals surface area (Å²) in [6.07, 6.45) is -1.77. The number of rotatable bonds is 1. The van der Waals surface area contributed by atoms with Crippen LogP contribution >= 0.6 is 0 Å². The van der Waals surface area contributed by atoms with Crippen LogP contribution < -0.4 is 5.73 Å². The molecule has 0 saturated heterocycles. The normalized spacial score (nSPS) is 24.1. The summed E-state index contributed by atoms with van der Waals surface area (Å²) in [5.74, 6) is -0.988. The third-order valence-electron chi connectivity index (χ3n) is 3.79. The molecule has 2 aromatic heterocycles. The summed E-state index contributed by atoms with van der Waals surface area (Å²) in [4.78, 5) is 7.88. The van der Waals surface area contributed by atoms with Gasteiger partial charge in [-0.3, -0.25) is 0 Å². The molecule has 0 bridgehead atoms. The van der Waals surface area contributed by atoms with Crippen LogP contribution in [-0.2, 0) is 0 Å². The van der Waals surface area contributed by atoms with E-state index in [0.29, 0.717) is 24.0 Å². The number of nitrogens with zero attached hydrogens (tertiary/aromatic N) is 5. The first-order valence-corrected chi connectivity index (χ1v) is 6.35. The molecule has 0 radical (unpaired) electrons. The molecule has 3 rings (SSSR count). The van der Waals surface area contributed by atoms with E-state index in [2.05, 4.69) is 20.3 Å². The Kier molecular flexibility index (Phi) is 2.98. The predicted octanol–water partition coefficient (Wildman–Crippen LogP) is 2.10. The summed E-state index contributed by atoms with van der Waals surface area (Å²) in [5.41, 5.74) is 6.54. The molecule has 0 atom stereocenters. The molecule has 108 valence electrons. The van der Waals surface area contributed by atoms with Gasteiger partial charge in [-0.15, -0.1) is 5.10 Å². The number of anilines is 1. The highest BCUT2D eigenvalue weighted by Crippen LogP contribution is 2.41. The Morgan fingerprint density at radius 3 is 2.50 bits per heavy atom. The minimum Gasteiger partial charge on any atom is -0.382 e. The fourth-order valence-electron chi connectivity index (χ4n) is 2.68. The number of hydrogen-bond donors (Lipinski definition) is 1. The van der Waals surface area contributed by atoms with E-state index in [1.54, 1.807) is 4.68 Å². The minimum absolute atomic E-state index is 0.107. The molecule has 9 heteroatoms. The predicted molar refractivity (Wildman–Crippen MR) is 64.6 cm³/mol. The summed E-state index contributed by atoms with van der Waals surface area (Å²) in [6, 6.07) is -0.118. The number of alkyl halides is 3. The molecule has 0 amide bonds. The summed E-state index contributed by atoms with van der Waals surface area (Å²) < 4.78 is 39.5. The van der Waals surface area contributed by atoms with Gasteiger partial charge in [0.05, 0.1) is 12.0 Å². The Labute approximate surface area is 112 Å². The van der Waals surface area contributed by atoms with Gasteiger partial charge in [-0.1, -0.05) is 5.21 Å². The molecule has 1 aliphatic carbocycles. The molecule has 6 nitrogen and oxygen atoms in total. The van der Waals surface area contributed by atoms with Crippen LogP contribution in [0.25, 0.3) is 11.2 Å². The Morgan fingerprint density at radius 1 is 1.15 bits per heavy atom. The van der Waals surface area contributed by atoms with Gasteiger partial charge in [-0.25, -0.2) is 14.6 Å². The third kappa shape index (κ3) is 2.16. The van der Waals surface area contributed by atoms with Crippen LogP contribution in [0.1, 0.15) is 31.7 Å². The molecule has 0 spiro atoms. The summed E-state index contributed by atoms with van der Waals surface area (Å²) >= 11 is 0. The van der Waals surface area contributed by atoms with Crippen molar-refractivity contribution in [3.8, 4) is 0 Å². The monoisotopic (exact) mass is 286 g/mol. The average Bonchev–Trinajstić information content (AvgIpc) is 2.83. The smallest absolute Gasteiger partial charge is 0.382 e. The SMILES string of the molecule is Nc1ncnc2c1nnn2[C@H]1CC[C@@H](C(F)(F)F)CC1. The van der Waals surface area contributed by atoms with Crippen molar-refractivity contribution in [3.05, 3.63) is 6.33 Å². The number of nitrogens with two attached hydrogens (primary N) is 1. The quantitative estimate of drug-likeness (QED) is 0.868. The minimum atomic E-state index is -4.11. The van der Waals surface area contributed by atoms with E-state index < -0.39 is 12.1 Å². The molecule has 2 N–H and O–H groups in total. The zero-order valence-corrected chi connectivity index (χ0v) is 10.5. The van der Waals surface area contributed by atoms with Crippen molar-refractivity contribution < 1.29 is 13.2 Å². The zero-order valence-electron chi connectivity index (χ0n) is 10.5. The van der Waals surface area contributed by atoms with Crippen LogP contribution in [0.4, 0.5) is 19.0 Å². The average molecular weight is 286 g/mol. The van der Waals surface area contributed by atoms with E-state index in [1.807, 2.05) is 0 Å². The maximum Gasteiger partial charge on any atom is 0.391 e. The van der Waals surface area contributed by atoms with E-state index in [1.165, 1.54) is 6.33 Å². The van der Waals surface area contributed by atoms with Gasteiger partial charge in [0.25, 0.3) is 0 Å². The first-order valence-electron chi connectivity index (χ1n) is 6.35. The number of fused-ring (bicyclic) bond motifs is 1. The van der Waals surface area contributed by atoms with Crippen molar-refractivity contribution in [2.24, 2.45) is 5.92 Å². The summed E-state index contributed by atoms with van der Waals surface area (Å²) in [6.45, 7) is 0. The Hall–Kier alpha value is -1.93. The van der Waals surface area contributed by atoms with Gasteiger partial charge in [-0.05, 0) is 25.7 Å². The molecule has 2 aromatic rings. The Bertz CT molecular complexity index is 614. The van der Waals surface area contributed by atoms with Gasteiger partial charge in [0.2, 0.25) is 0 Å². The van der Waals surface area contributed by atoms with Crippen LogP contribution in [0.5, 0.6) is 0 Å². The third-order valence-corrected chi connectivity index (χ3v) is 3.79. The van der Waals surface area contributed by atoms with Gasteiger partial charge >= 0.3 is 6.18 Å². The second-order valence-electron chi connectivity index (χ2n) is 5.01. The van der Waals surface area contributed by atoms with Crippen molar-refractivity contribution in [3.63, 3.8) is 0 Å². The molecule has 0 aliphatic heterocycles. The van der Waals surface area contributed by atoms with Gasteiger partial charge < -0.3 is 5.73 Å². The van der Waals surface area contributed by atoms with Crippen LogP contribution in [0.15, 0.2) is 6.33 Å². The summed E-state index contributed by atoms with van der Waals surface area (Å²) in [5, 5.41) is 7.87. The second kappa shape index (κ2) is 4.57. The lowest BCUT2D eigenvalue weighted by molar-refractivity contribution is -0.183. The van der Waals surface area contributed by atoms with Gasteiger partial charge in [0.15, 0.2) is 17.0 Å². The standard InChI is InChI=1S/C11H13F3N6/c12-11(13,14)6-1-3-7(4-2-6)20-10-8(18-19-20)9(15)16-5-17-10/h5-7H,1-4H2,(H2,15,16,17)/t6-,7+. The highest BCUT2D eigenvalue weighted by atomic mass is 19.4. The Balaban J connectivity index is 1.82. The van der Waals surface area contributed by atoms with Crippen LogP contribution in [0, 0.1) is 5.92 Å². The molecular weight excluding hydrogens is 273 g/mol. The largest absolute Gasteiger partial charge is 0.391 e. The molecule has 1 saturated carbocycles. The molecule has 0 unspecified atom stereocenters. The first kappa shape index (κ1) is 13.1. The van der Waals surface area contributed by atoms with Gasteiger partial charge in [0.1, 0.15) is 6.33 Å². The zero-order chi connectivity index (χ0) is 14.3. The van der Waals surface area contributed by atoms with Crippen molar-refractivity contribution in [2.75, 3.05) is 5.73 Å². The van der Waals surface area contributed by atoms with Gasteiger partial charge in [-0.2, -0.15) is 13.2 Å². The molecule has 1 fully saturated rings. The lowest BCUT2D eigenvalue weighted by Crippen LogP contribution is -2.29. The van der Waals surface area contributed by atoms with E-state index in [-0.39, 0.29) is 24.7 Å². The van der Waals surface area contributed by atoms with Crippen molar-refractivity contribution in [2.45, 2.75) is 37.9 Å².